The standard InChI is InChI=1S/C4H9N3O.ClH/c1-7-4(8)2-3(5)6;/h2H,5-6H2,1H3,(H,7,8);1H. The molecule has 0 rings (SSSR count). The van der Waals surface area contributed by atoms with Crippen molar-refractivity contribution in [2.24, 2.45) is 11.5 Å². The zero-order chi connectivity index (χ0) is 6.57. The molecule has 0 unspecified atom stereocenters. The maximum absolute atomic E-state index is 10.3. The number of rotatable bonds is 1. The van der Waals surface area contributed by atoms with Crippen molar-refractivity contribution >= 4 is 18.3 Å². The molecule has 0 aromatic rings. The van der Waals surface area contributed by atoms with Gasteiger partial charge in [0.15, 0.2) is 0 Å². The summed E-state index contributed by atoms with van der Waals surface area (Å²) in [5, 5.41) is 2.32. The second kappa shape index (κ2) is 5.24. The van der Waals surface area contributed by atoms with Gasteiger partial charge in [0, 0.05) is 13.1 Å². The minimum atomic E-state index is -0.287. The largest absolute Gasteiger partial charge is 0.386 e. The van der Waals surface area contributed by atoms with Gasteiger partial charge >= 0.3 is 0 Å². The van der Waals surface area contributed by atoms with Crippen molar-refractivity contribution in [3.63, 3.8) is 0 Å². The highest BCUT2D eigenvalue weighted by atomic mass is 35.5. The lowest BCUT2D eigenvalue weighted by Gasteiger charge is -1.89. The van der Waals surface area contributed by atoms with E-state index in [1.165, 1.54) is 7.05 Å². The number of halogens is 1. The van der Waals surface area contributed by atoms with Gasteiger partial charge < -0.3 is 16.8 Å². The molecule has 1 amide bonds. The number of amides is 1. The Morgan fingerprint density at radius 1 is 1.56 bits per heavy atom. The van der Waals surface area contributed by atoms with Crippen molar-refractivity contribution in [1.82, 2.24) is 5.32 Å². The van der Waals surface area contributed by atoms with Crippen LogP contribution in [0.3, 0.4) is 0 Å². The fourth-order valence-electron chi connectivity index (χ4n) is 0.224. The Kier molecular flexibility index (Phi) is 6.39. The molecule has 4 nitrogen and oxygen atoms in total. The fraction of sp³-hybridized carbons (Fsp3) is 0.250. The quantitative estimate of drug-likeness (QED) is 0.417. The second-order valence-corrected chi connectivity index (χ2v) is 1.26. The van der Waals surface area contributed by atoms with Crippen LogP contribution < -0.4 is 16.8 Å². The number of nitrogens with one attached hydrogen (secondary N) is 1. The zero-order valence-corrected chi connectivity index (χ0v) is 5.87. The first-order valence-electron chi connectivity index (χ1n) is 2.11. The Morgan fingerprint density at radius 2 is 2.00 bits per heavy atom. The van der Waals surface area contributed by atoms with Crippen LogP contribution in [0.2, 0.25) is 0 Å². The molecular weight excluding hydrogens is 142 g/mol. The molecule has 0 saturated carbocycles. The van der Waals surface area contributed by atoms with E-state index in [4.69, 9.17) is 11.5 Å². The van der Waals surface area contributed by atoms with E-state index in [9.17, 15) is 4.79 Å². The van der Waals surface area contributed by atoms with Gasteiger partial charge in [-0.1, -0.05) is 0 Å². The van der Waals surface area contributed by atoms with Crippen LogP contribution in [0.25, 0.3) is 0 Å². The van der Waals surface area contributed by atoms with Crippen LogP contribution >= 0.6 is 12.4 Å². The highest BCUT2D eigenvalue weighted by Crippen LogP contribution is 1.68. The van der Waals surface area contributed by atoms with Gasteiger partial charge in [-0.25, -0.2) is 0 Å². The first-order valence-corrected chi connectivity index (χ1v) is 2.11. The molecule has 0 aromatic heterocycles. The van der Waals surface area contributed by atoms with E-state index in [0.29, 0.717) is 0 Å². The van der Waals surface area contributed by atoms with Crippen LogP contribution in [0.1, 0.15) is 0 Å². The smallest absolute Gasteiger partial charge is 0.247 e. The van der Waals surface area contributed by atoms with Gasteiger partial charge in [-0.3, -0.25) is 4.79 Å². The van der Waals surface area contributed by atoms with Gasteiger partial charge in [-0.2, -0.15) is 0 Å². The van der Waals surface area contributed by atoms with E-state index in [0.717, 1.165) is 6.08 Å². The number of carbonyl (C=O) groups is 1. The van der Waals surface area contributed by atoms with Gasteiger partial charge in [0.25, 0.3) is 0 Å². The van der Waals surface area contributed by atoms with E-state index in [2.05, 4.69) is 5.32 Å². The molecule has 0 spiro atoms. The summed E-state index contributed by atoms with van der Waals surface area (Å²) in [6.07, 6.45) is 1.11. The molecular formula is C4H10ClN3O. The molecule has 0 saturated heterocycles. The number of hydrogen-bond acceptors (Lipinski definition) is 3. The summed E-state index contributed by atoms with van der Waals surface area (Å²) >= 11 is 0. The lowest BCUT2D eigenvalue weighted by molar-refractivity contribution is -0.116. The molecule has 54 valence electrons. The van der Waals surface area contributed by atoms with Gasteiger partial charge in [0.05, 0.1) is 5.82 Å². The van der Waals surface area contributed by atoms with Crippen molar-refractivity contribution in [1.29, 1.82) is 0 Å². The van der Waals surface area contributed by atoms with Crippen LogP contribution in [-0.2, 0) is 4.79 Å². The fourth-order valence-corrected chi connectivity index (χ4v) is 0.224. The summed E-state index contributed by atoms with van der Waals surface area (Å²) in [6, 6.07) is 0. The molecule has 0 aromatic carbocycles. The van der Waals surface area contributed by atoms with E-state index < -0.39 is 0 Å². The van der Waals surface area contributed by atoms with Crippen molar-refractivity contribution in [2.45, 2.75) is 0 Å². The monoisotopic (exact) mass is 151 g/mol. The molecule has 0 bridgehead atoms. The lowest BCUT2D eigenvalue weighted by Crippen LogP contribution is -2.19. The second-order valence-electron chi connectivity index (χ2n) is 1.26. The molecule has 0 atom stereocenters. The molecule has 5 heteroatoms. The number of hydrogen-bond donors (Lipinski definition) is 3. The molecule has 9 heavy (non-hydrogen) atoms. The van der Waals surface area contributed by atoms with E-state index in [-0.39, 0.29) is 24.1 Å². The number of likely N-dealkylation sites (N-methyl/N-ethyl adjacent to an activating group) is 1. The summed E-state index contributed by atoms with van der Waals surface area (Å²) in [5.74, 6) is -0.269. The van der Waals surface area contributed by atoms with Crippen LogP contribution in [0.4, 0.5) is 0 Å². The van der Waals surface area contributed by atoms with Crippen molar-refractivity contribution < 1.29 is 4.79 Å². The van der Waals surface area contributed by atoms with Crippen molar-refractivity contribution in [2.75, 3.05) is 7.05 Å². The highest BCUT2D eigenvalue weighted by Gasteiger charge is 1.87. The summed E-state index contributed by atoms with van der Waals surface area (Å²) in [6.45, 7) is 0. The van der Waals surface area contributed by atoms with Gasteiger partial charge in [0.1, 0.15) is 0 Å². The Morgan fingerprint density at radius 3 is 2.11 bits per heavy atom. The first kappa shape index (κ1) is 11.0. The Bertz CT molecular complexity index is 119. The van der Waals surface area contributed by atoms with Crippen molar-refractivity contribution in [3.05, 3.63) is 11.9 Å². The topological polar surface area (TPSA) is 81.1 Å². The van der Waals surface area contributed by atoms with E-state index in [1.807, 2.05) is 0 Å². The van der Waals surface area contributed by atoms with Gasteiger partial charge in [0.2, 0.25) is 5.91 Å². The molecule has 0 aliphatic carbocycles. The number of carbonyl (C=O) groups excluding carboxylic acids is 1. The Hall–Kier alpha value is -0.900. The van der Waals surface area contributed by atoms with Gasteiger partial charge in [-0.05, 0) is 0 Å². The highest BCUT2D eigenvalue weighted by molar-refractivity contribution is 5.87. The Labute approximate surface area is 59.7 Å². The average molecular weight is 152 g/mol. The molecule has 0 radical (unpaired) electrons. The third kappa shape index (κ3) is 7.10. The molecule has 5 N–H and O–H groups in total. The normalized spacial score (nSPS) is 6.78. The van der Waals surface area contributed by atoms with Crippen LogP contribution in [0.15, 0.2) is 11.9 Å². The number of nitrogens with two attached hydrogens (primary N) is 2. The SMILES string of the molecule is CNC(=O)C=C(N)N.Cl. The van der Waals surface area contributed by atoms with E-state index >= 15 is 0 Å². The molecule has 0 fully saturated rings. The molecule has 0 aliphatic heterocycles. The third-order valence-electron chi connectivity index (χ3n) is 0.544. The first-order chi connectivity index (χ1) is 3.66. The van der Waals surface area contributed by atoms with Gasteiger partial charge in [-0.15, -0.1) is 12.4 Å². The minimum Gasteiger partial charge on any atom is -0.386 e. The summed E-state index contributed by atoms with van der Waals surface area (Å²) in [4.78, 5) is 10.3. The van der Waals surface area contributed by atoms with Crippen LogP contribution in [-0.4, -0.2) is 13.0 Å². The average Bonchev–Trinajstić information content (AvgIpc) is 1.65. The molecule has 0 aliphatic rings. The van der Waals surface area contributed by atoms with E-state index in [1.54, 1.807) is 0 Å². The predicted octanol–water partition coefficient (Wildman–Crippen LogP) is -1.09. The summed E-state index contributed by atoms with van der Waals surface area (Å²) in [7, 11) is 1.50. The third-order valence-corrected chi connectivity index (χ3v) is 0.544. The lowest BCUT2D eigenvalue weighted by atomic mass is 10.5. The van der Waals surface area contributed by atoms with Crippen LogP contribution in [0.5, 0.6) is 0 Å². The van der Waals surface area contributed by atoms with Crippen molar-refractivity contribution in [3.8, 4) is 0 Å². The Balaban J connectivity index is 0. The molecule has 0 heterocycles. The zero-order valence-electron chi connectivity index (χ0n) is 5.05. The summed E-state index contributed by atoms with van der Waals surface area (Å²) < 4.78 is 0. The predicted molar refractivity (Wildman–Crippen MR) is 37.8 cm³/mol. The maximum Gasteiger partial charge on any atom is 0.247 e. The maximum atomic E-state index is 10.3. The minimum absolute atomic E-state index is 0. The summed E-state index contributed by atoms with van der Waals surface area (Å²) in [5.41, 5.74) is 9.89. The van der Waals surface area contributed by atoms with Crippen LogP contribution in [0, 0.1) is 0 Å².